The van der Waals surface area contributed by atoms with E-state index >= 15 is 0 Å². The fraction of sp³-hybridized carbons (Fsp3) is 0.304. The van der Waals surface area contributed by atoms with Gasteiger partial charge in [-0.3, -0.25) is 0 Å². The average Bonchev–Trinajstić information content (AvgIpc) is 2.63. The Kier molecular flexibility index (Phi) is 5.60. The van der Waals surface area contributed by atoms with Crippen LogP contribution in [-0.4, -0.2) is 0 Å². The van der Waals surface area contributed by atoms with E-state index < -0.39 is 0 Å². The van der Waals surface area contributed by atoms with Crippen LogP contribution in [0.1, 0.15) is 44.2 Å². The highest BCUT2D eigenvalue weighted by molar-refractivity contribution is 5.53. The molecular weight excluding hydrogens is 304 g/mol. The summed E-state index contributed by atoms with van der Waals surface area (Å²) in [7, 11) is 0. The first-order valence-corrected chi connectivity index (χ1v) is 9.18. The van der Waals surface area contributed by atoms with Gasteiger partial charge < -0.3 is 10.6 Å². The van der Waals surface area contributed by atoms with Gasteiger partial charge in [-0.2, -0.15) is 0 Å². The number of hydrogen-bond donors (Lipinski definition) is 2. The molecule has 1 aliphatic carbocycles. The maximum Gasteiger partial charge on any atom is 0.0574 e. The second kappa shape index (κ2) is 8.06. The van der Waals surface area contributed by atoms with E-state index in [9.17, 15) is 0 Å². The lowest BCUT2D eigenvalue weighted by Crippen LogP contribution is -2.21. The normalized spacial score (nSPS) is 17.0. The smallest absolute Gasteiger partial charge is 0.0574 e. The highest BCUT2D eigenvalue weighted by Crippen LogP contribution is 2.24. The van der Waals surface area contributed by atoms with Crippen molar-refractivity contribution in [2.24, 2.45) is 5.92 Å². The quantitative estimate of drug-likeness (QED) is 0.696. The van der Waals surface area contributed by atoms with E-state index in [1.54, 1.807) is 0 Å². The molecule has 1 unspecified atom stereocenters. The number of rotatable bonds is 6. The highest BCUT2D eigenvalue weighted by Gasteiger charge is 2.13. The highest BCUT2D eigenvalue weighted by atomic mass is 15.0. The van der Waals surface area contributed by atoms with E-state index in [-0.39, 0.29) is 0 Å². The van der Waals surface area contributed by atoms with Crippen LogP contribution in [0.4, 0.5) is 5.69 Å². The summed E-state index contributed by atoms with van der Waals surface area (Å²) >= 11 is 0. The van der Waals surface area contributed by atoms with Crippen LogP contribution in [0, 0.1) is 5.92 Å². The third kappa shape index (κ3) is 4.76. The number of benzene rings is 2. The predicted octanol–water partition coefficient (Wildman–Crippen LogP) is 5.82. The Labute approximate surface area is 151 Å². The van der Waals surface area contributed by atoms with Crippen LogP contribution < -0.4 is 10.6 Å². The zero-order valence-electron chi connectivity index (χ0n) is 15.4. The van der Waals surface area contributed by atoms with E-state index in [4.69, 9.17) is 0 Å². The lowest BCUT2D eigenvalue weighted by molar-refractivity contribution is 0.635. The van der Waals surface area contributed by atoms with Crippen LogP contribution in [-0.2, 0) is 6.54 Å². The lowest BCUT2D eigenvalue weighted by atomic mass is 9.97. The van der Waals surface area contributed by atoms with E-state index in [2.05, 4.69) is 98.2 Å². The molecule has 0 aromatic heterocycles. The molecule has 25 heavy (non-hydrogen) atoms. The van der Waals surface area contributed by atoms with Crippen molar-refractivity contribution in [3.8, 4) is 0 Å². The van der Waals surface area contributed by atoms with E-state index in [1.807, 2.05) is 0 Å². The van der Waals surface area contributed by atoms with Gasteiger partial charge >= 0.3 is 0 Å². The molecule has 130 valence electrons. The molecule has 0 amide bonds. The summed E-state index contributed by atoms with van der Waals surface area (Å²) in [5, 5.41) is 7.22. The lowest BCUT2D eigenvalue weighted by Gasteiger charge is -2.23. The summed E-state index contributed by atoms with van der Waals surface area (Å²) in [4.78, 5) is 0. The molecule has 2 aromatic rings. The van der Waals surface area contributed by atoms with Crippen molar-refractivity contribution in [2.75, 3.05) is 5.32 Å². The second-order valence-electron chi connectivity index (χ2n) is 7.17. The Morgan fingerprint density at radius 2 is 1.72 bits per heavy atom. The molecule has 3 rings (SSSR count). The number of anilines is 1. The minimum atomic E-state index is 0.562. The van der Waals surface area contributed by atoms with Gasteiger partial charge in [-0.25, -0.2) is 0 Å². The van der Waals surface area contributed by atoms with Gasteiger partial charge in [-0.1, -0.05) is 69.3 Å². The minimum absolute atomic E-state index is 0.562. The molecule has 2 nitrogen and oxygen atoms in total. The van der Waals surface area contributed by atoms with Crippen LogP contribution in [0.15, 0.2) is 78.1 Å². The van der Waals surface area contributed by atoms with E-state index in [0.29, 0.717) is 11.8 Å². The standard InChI is InChI=1S/C23H28N2/c1-17(2)20-10-12-21(13-11-20)25-22-14-9-18(3)15-23(22)24-16-19-7-5-4-6-8-19/h4-14,17-18,24-25H,15-16H2,1-3H3. The van der Waals surface area contributed by atoms with Gasteiger partial charge in [0.05, 0.1) is 5.70 Å². The Hall–Kier alpha value is -2.48. The summed E-state index contributed by atoms with van der Waals surface area (Å²) < 4.78 is 0. The molecule has 0 aliphatic heterocycles. The molecule has 2 aromatic carbocycles. The second-order valence-corrected chi connectivity index (χ2v) is 7.17. The van der Waals surface area contributed by atoms with Crippen LogP contribution in [0.2, 0.25) is 0 Å². The Bertz CT molecular complexity index is 739. The fourth-order valence-corrected chi connectivity index (χ4v) is 3.06. The molecule has 0 bridgehead atoms. The van der Waals surface area contributed by atoms with Gasteiger partial charge in [-0.05, 0) is 47.6 Å². The first-order valence-electron chi connectivity index (χ1n) is 9.18. The van der Waals surface area contributed by atoms with Gasteiger partial charge in [0.1, 0.15) is 0 Å². The molecule has 1 aliphatic rings. The van der Waals surface area contributed by atoms with Crippen molar-refractivity contribution < 1.29 is 0 Å². The SMILES string of the molecule is CC1C=CC(Nc2ccc(C(C)C)cc2)=C(NCc2ccccc2)C1. The zero-order valence-corrected chi connectivity index (χ0v) is 15.4. The van der Waals surface area contributed by atoms with Gasteiger partial charge in [0.25, 0.3) is 0 Å². The van der Waals surface area contributed by atoms with Crippen molar-refractivity contribution in [3.05, 3.63) is 89.3 Å². The Morgan fingerprint density at radius 3 is 2.40 bits per heavy atom. The molecule has 0 saturated heterocycles. The van der Waals surface area contributed by atoms with Gasteiger partial charge in [0.15, 0.2) is 0 Å². The van der Waals surface area contributed by atoms with Gasteiger partial charge in [-0.15, -0.1) is 0 Å². The van der Waals surface area contributed by atoms with Crippen molar-refractivity contribution in [3.63, 3.8) is 0 Å². The summed E-state index contributed by atoms with van der Waals surface area (Å²) in [6.45, 7) is 7.56. The van der Waals surface area contributed by atoms with Gasteiger partial charge in [0, 0.05) is 17.9 Å². The molecule has 2 N–H and O–H groups in total. The van der Waals surface area contributed by atoms with Crippen LogP contribution in [0.3, 0.4) is 0 Å². The molecule has 2 heteroatoms. The van der Waals surface area contributed by atoms with Crippen molar-refractivity contribution in [2.45, 2.75) is 39.7 Å². The molecule has 0 radical (unpaired) electrons. The summed E-state index contributed by atoms with van der Waals surface area (Å²) in [6, 6.07) is 19.3. The molecule has 0 saturated carbocycles. The topological polar surface area (TPSA) is 24.1 Å². The van der Waals surface area contributed by atoms with Crippen LogP contribution >= 0.6 is 0 Å². The average molecular weight is 332 g/mol. The molecule has 0 fully saturated rings. The maximum absolute atomic E-state index is 3.63. The number of allylic oxidation sites excluding steroid dienone is 3. The molecule has 1 atom stereocenters. The summed E-state index contributed by atoms with van der Waals surface area (Å²) in [6.07, 6.45) is 5.52. The third-order valence-corrected chi connectivity index (χ3v) is 4.65. The van der Waals surface area contributed by atoms with Crippen molar-refractivity contribution in [1.29, 1.82) is 0 Å². The van der Waals surface area contributed by atoms with Crippen molar-refractivity contribution in [1.82, 2.24) is 5.32 Å². The maximum atomic E-state index is 3.63. The number of nitrogens with one attached hydrogen (secondary N) is 2. The Morgan fingerprint density at radius 1 is 1.00 bits per heavy atom. The van der Waals surface area contributed by atoms with Crippen LogP contribution in [0.25, 0.3) is 0 Å². The van der Waals surface area contributed by atoms with Crippen LogP contribution in [0.5, 0.6) is 0 Å². The summed E-state index contributed by atoms with van der Waals surface area (Å²) in [5.74, 6) is 1.12. The fourth-order valence-electron chi connectivity index (χ4n) is 3.06. The van der Waals surface area contributed by atoms with E-state index in [0.717, 1.165) is 18.7 Å². The molecule has 0 spiro atoms. The third-order valence-electron chi connectivity index (χ3n) is 4.65. The predicted molar refractivity (Wildman–Crippen MR) is 107 cm³/mol. The van der Waals surface area contributed by atoms with Gasteiger partial charge in [0.2, 0.25) is 0 Å². The Balaban J connectivity index is 1.73. The monoisotopic (exact) mass is 332 g/mol. The molecular formula is C23H28N2. The zero-order chi connectivity index (χ0) is 17.6. The molecule has 0 heterocycles. The minimum Gasteiger partial charge on any atom is -0.383 e. The largest absolute Gasteiger partial charge is 0.383 e. The first kappa shape index (κ1) is 17.3. The van der Waals surface area contributed by atoms with Crippen molar-refractivity contribution >= 4 is 5.69 Å². The van der Waals surface area contributed by atoms with E-state index in [1.165, 1.54) is 22.5 Å². The number of hydrogen-bond acceptors (Lipinski definition) is 2. The summed E-state index contributed by atoms with van der Waals surface area (Å²) in [5.41, 5.74) is 6.27. The first-order chi connectivity index (χ1) is 12.1.